The van der Waals surface area contributed by atoms with E-state index in [9.17, 15) is 8.78 Å². The van der Waals surface area contributed by atoms with E-state index < -0.39 is 11.6 Å². The van der Waals surface area contributed by atoms with E-state index in [4.69, 9.17) is 4.74 Å². The molecular weight excluding hydrogens is 354 g/mol. The third-order valence-electron chi connectivity index (χ3n) is 6.01. The third kappa shape index (κ3) is 7.56. The van der Waals surface area contributed by atoms with Crippen LogP contribution in [-0.2, 0) is 6.42 Å². The van der Waals surface area contributed by atoms with E-state index in [0.717, 1.165) is 38.0 Å². The van der Waals surface area contributed by atoms with Crippen LogP contribution in [0.15, 0.2) is 24.3 Å². The van der Waals surface area contributed by atoms with Crippen LogP contribution < -0.4 is 4.74 Å². The number of hydrogen-bond acceptors (Lipinski definition) is 1. The van der Waals surface area contributed by atoms with Crippen LogP contribution >= 0.6 is 0 Å². The van der Waals surface area contributed by atoms with Crippen LogP contribution in [0, 0.1) is 23.5 Å². The van der Waals surface area contributed by atoms with Crippen molar-refractivity contribution in [1.29, 1.82) is 0 Å². The molecule has 1 fully saturated rings. The predicted molar refractivity (Wildman–Crippen MR) is 114 cm³/mol. The van der Waals surface area contributed by atoms with Crippen molar-refractivity contribution in [3.05, 3.63) is 41.5 Å². The number of ether oxygens (including phenoxy) is 1. The van der Waals surface area contributed by atoms with Gasteiger partial charge in [0.2, 0.25) is 5.82 Å². The van der Waals surface area contributed by atoms with Crippen LogP contribution in [-0.4, -0.2) is 6.61 Å². The van der Waals surface area contributed by atoms with Gasteiger partial charge in [0.25, 0.3) is 0 Å². The highest BCUT2D eigenvalue weighted by atomic mass is 19.2. The molecule has 0 atom stereocenters. The van der Waals surface area contributed by atoms with Crippen molar-refractivity contribution >= 4 is 0 Å². The summed E-state index contributed by atoms with van der Waals surface area (Å²) in [6.07, 6.45) is 17.7. The molecule has 1 nitrogen and oxygen atoms in total. The molecule has 1 saturated carbocycles. The molecule has 0 bridgehead atoms. The first-order valence-electron chi connectivity index (χ1n) is 11.4. The van der Waals surface area contributed by atoms with Crippen LogP contribution in [0.4, 0.5) is 8.78 Å². The maximum atomic E-state index is 14.4. The van der Waals surface area contributed by atoms with Gasteiger partial charge in [-0.1, -0.05) is 83.4 Å². The summed E-state index contributed by atoms with van der Waals surface area (Å²) >= 11 is 0. The maximum Gasteiger partial charge on any atom is 0.200 e. The van der Waals surface area contributed by atoms with E-state index in [2.05, 4.69) is 13.8 Å². The molecule has 1 aliphatic carbocycles. The van der Waals surface area contributed by atoms with Crippen molar-refractivity contribution in [2.24, 2.45) is 11.8 Å². The van der Waals surface area contributed by atoms with Crippen molar-refractivity contribution in [2.45, 2.75) is 90.9 Å². The van der Waals surface area contributed by atoms with Crippen molar-refractivity contribution in [2.75, 3.05) is 6.61 Å². The molecule has 28 heavy (non-hydrogen) atoms. The highest BCUT2D eigenvalue weighted by Crippen LogP contribution is 2.33. The lowest BCUT2D eigenvalue weighted by Crippen LogP contribution is -2.20. The fourth-order valence-corrected chi connectivity index (χ4v) is 4.07. The summed E-state index contributed by atoms with van der Waals surface area (Å²) < 4.78 is 34.3. The van der Waals surface area contributed by atoms with Gasteiger partial charge in [-0.2, -0.15) is 4.39 Å². The second kappa shape index (κ2) is 13.0. The van der Waals surface area contributed by atoms with Crippen molar-refractivity contribution in [1.82, 2.24) is 0 Å². The van der Waals surface area contributed by atoms with Gasteiger partial charge in [-0.3, -0.25) is 0 Å². The van der Waals surface area contributed by atoms with Crippen molar-refractivity contribution < 1.29 is 13.5 Å². The average molecular weight is 393 g/mol. The molecule has 0 amide bonds. The first-order chi connectivity index (χ1) is 13.7. The van der Waals surface area contributed by atoms with E-state index in [-0.39, 0.29) is 5.75 Å². The van der Waals surface area contributed by atoms with Crippen LogP contribution in [0.3, 0.4) is 0 Å². The zero-order valence-corrected chi connectivity index (χ0v) is 17.8. The molecule has 1 aromatic carbocycles. The zero-order chi connectivity index (χ0) is 20.2. The Kier molecular flexibility index (Phi) is 10.6. The number of rotatable bonds is 12. The summed E-state index contributed by atoms with van der Waals surface area (Å²) in [6.45, 7) is 4.88. The van der Waals surface area contributed by atoms with Gasteiger partial charge in [-0.25, -0.2) is 4.39 Å². The van der Waals surface area contributed by atoms with E-state index in [1.54, 1.807) is 12.1 Å². The summed E-state index contributed by atoms with van der Waals surface area (Å²) in [5.74, 6) is -0.237. The summed E-state index contributed by atoms with van der Waals surface area (Å²) in [7, 11) is 0. The van der Waals surface area contributed by atoms with E-state index in [1.807, 2.05) is 12.2 Å². The molecule has 0 spiro atoms. The van der Waals surface area contributed by atoms with E-state index in [1.165, 1.54) is 38.5 Å². The monoisotopic (exact) mass is 392 g/mol. The molecule has 0 aromatic heterocycles. The minimum absolute atomic E-state index is 0.0567. The van der Waals surface area contributed by atoms with Gasteiger partial charge in [0.05, 0.1) is 6.61 Å². The van der Waals surface area contributed by atoms with E-state index >= 15 is 0 Å². The third-order valence-corrected chi connectivity index (χ3v) is 6.01. The second-order valence-electron chi connectivity index (χ2n) is 8.36. The van der Waals surface area contributed by atoms with Crippen LogP contribution in [0.25, 0.3) is 0 Å². The molecule has 0 heterocycles. The summed E-state index contributed by atoms with van der Waals surface area (Å²) in [4.78, 5) is 0. The Hall–Kier alpha value is -1.38. The van der Waals surface area contributed by atoms with Crippen molar-refractivity contribution in [3.63, 3.8) is 0 Å². The lowest BCUT2D eigenvalue weighted by molar-refractivity contribution is 0.172. The molecular formula is C25H38F2O. The van der Waals surface area contributed by atoms with E-state index in [0.29, 0.717) is 24.5 Å². The van der Waals surface area contributed by atoms with Crippen LogP contribution in [0.5, 0.6) is 5.75 Å². The fraction of sp³-hybridized carbons (Fsp3) is 0.680. The largest absolute Gasteiger partial charge is 0.490 e. The van der Waals surface area contributed by atoms with Gasteiger partial charge in [0, 0.05) is 0 Å². The average Bonchev–Trinajstić information content (AvgIpc) is 2.71. The molecule has 0 aliphatic heterocycles. The molecule has 0 saturated heterocycles. The van der Waals surface area contributed by atoms with Gasteiger partial charge in [0.1, 0.15) is 0 Å². The molecule has 2 rings (SSSR count). The zero-order valence-electron chi connectivity index (χ0n) is 17.8. The Morgan fingerprint density at radius 1 is 0.893 bits per heavy atom. The Labute approximate surface area is 170 Å². The fourth-order valence-electron chi connectivity index (χ4n) is 4.07. The minimum atomic E-state index is -0.840. The second-order valence-corrected chi connectivity index (χ2v) is 8.36. The summed E-state index contributed by atoms with van der Waals surface area (Å²) in [5, 5.41) is 0. The van der Waals surface area contributed by atoms with Gasteiger partial charge in [-0.05, 0) is 49.1 Å². The lowest BCUT2D eigenvalue weighted by Gasteiger charge is -2.28. The first-order valence-corrected chi connectivity index (χ1v) is 11.4. The minimum Gasteiger partial charge on any atom is -0.490 e. The number of halogens is 2. The Morgan fingerprint density at radius 2 is 1.61 bits per heavy atom. The topological polar surface area (TPSA) is 9.23 Å². The standard InChI is InChI=1S/C25H38F2O/c1-3-5-7-8-10-12-22-17-18-23(25(27)24(22)26)28-19-21-15-13-20(14-16-21)11-9-6-4-2/h8,10,17-18,20-21H,3-7,9,11-16,19H2,1-2H3/b10-8+. The van der Waals surface area contributed by atoms with Crippen LogP contribution in [0.1, 0.15) is 90.0 Å². The molecule has 158 valence electrons. The van der Waals surface area contributed by atoms with Gasteiger partial charge in [0.15, 0.2) is 11.6 Å². The molecule has 1 aliphatic rings. The van der Waals surface area contributed by atoms with Crippen LogP contribution in [0.2, 0.25) is 0 Å². The van der Waals surface area contributed by atoms with Gasteiger partial charge in [-0.15, -0.1) is 0 Å². The predicted octanol–water partition coefficient (Wildman–Crippen LogP) is 8.02. The lowest BCUT2D eigenvalue weighted by atomic mass is 9.80. The number of benzene rings is 1. The van der Waals surface area contributed by atoms with Crippen molar-refractivity contribution in [3.8, 4) is 5.75 Å². The summed E-state index contributed by atoms with van der Waals surface area (Å²) in [5.41, 5.74) is 0.394. The Morgan fingerprint density at radius 3 is 2.32 bits per heavy atom. The molecule has 0 unspecified atom stereocenters. The van der Waals surface area contributed by atoms with Gasteiger partial charge < -0.3 is 4.74 Å². The molecule has 0 radical (unpaired) electrons. The smallest absolute Gasteiger partial charge is 0.200 e. The number of allylic oxidation sites excluding steroid dienone is 2. The molecule has 0 N–H and O–H groups in total. The Bertz CT molecular complexity index is 588. The number of unbranched alkanes of at least 4 members (excludes halogenated alkanes) is 4. The Balaban J connectivity index is 1.77. The number of hydrogen-bond donors (Lipinski definition) is 0. The molecule has 1 aromatic rings. The SMILES string of the molecule is CCCC/C=C/Cc1ccc(OCC2CCC(CCCCC)CC2)c(F)c1F. The van der Waals surface area contributed by atoms with Gasteiger partial charge >= 0.3 is 0 Å². The maximum absolute atomic E-state index is 14.4. The molecule has 3 heteroatoms. The highest BCUT2D eigenvalue weighted by molar-refractivity contribution is 5.32. The quantitative estimate of drug-likeness (QED) is 0.258. The highest BCUT2D eigenvalue weighted by Gasteiger charge is 2.22. The summed E-state index contributed by atoms with van der Waals surface area (Å²) in [6, 6.07) is 3.24. The first kappa shape index (κ1) is 22.9. The normalized spacial score (nSPS) is 20.0.